The minimum absolute atomic E-state index is 0.115. The second kappa shape index (κ2) is 8.87. The van der Waals surface area contributed by atoms with Gasteiger partial charge in [0.05, 0.1) is 25.9 Å². The molecule has 2 unspecified atom stereocenters. The van der Waals surface area contributed by atoms with Crippen LogP contribution in [0.2, 0.25) is 5.02 Å². The summed E-state index contributed by atoms with van der Waals surface area (Å²) >= 11 is 6.43. The molecule has 1 aliphatic rings. The number of hydrogen-bond donors (Lipinski definition) is 1. The third-order valence-corrected chi connectivity index (χ3v) is 5.36. The van der Waals surface area contributed by atoms with Crippen LogP contribution in [-0.2, 0) is 22.4 Å². The van der Waals surface area contributed by atoms with E-state index >= 15 is 0 Å². The normalized spacial score (nSPS) is 19.9. The number of halogens is 1. The number of rotatable bonds is 6. The Morgan fingerprint density at radius 2 is 2.00 bits per heavy atom. The number of aryl methyl sites for hydroxylation is 1. The zero-order chi connectivity index (χ0) is 19.4. The van der Waals surface area contributed by atoms with Gasteiger partial charge in [0.15, 0.2) is 0 Å². The van der Waals surface area contributed by atoms with Crippen LogP contribution in [0, 0.1) is 0 Å². The molecule has 1 saturated heterocycles. The van der Waals surface area contributed by atoms with Gasteiger partial charge in [-0.2, -0.15) is 0 Å². The zero-order valence-corrected chi connectivity index (χ0v) is 16.5. The molecule has 5 heteroatoms. The van der Waals surface area contributed by atoms with Gasteiger partial charge in [-0.05, 0) is 47.2 Å². The quantitative estimate of drug-likeness (QED) is 0.802. The molecule has 2 aromatic rings. The van der Waals surface area contributed by atoms with Gasteiger partial charge in [0.25, 0.3) is 0 Å². The highest BCUT2D eigenvalue weighted by atomic mass is 35.5. The maximum Gasteiger partial charge on any atom is 0.138 e. The zero-order valence-electron chi connectivity index (χ0n) is 15.7. The lowest BCUT2D eigenvalue weighted by Crippen LogP contribution is -2.30. The molecule has 0 bridgehead atoms. The molecule has 0 radical (unpaired) electrons. The lowest BCUT2D eigenvalue weighted by molar-refractivity contribution is -0.139. The van der Waals surface area contributed by atoms with E-state index in [1.165, 1.54) is 0 Å². The van der Waals surface area contributed by atoms with Crippen LogP contribution in [0.4, 0.5) is 0 Å². The van der Waals surface area contributed by atoms with Crippen LogP contribution < -0.4 is 4.74 Å². The Hall–Kier alpha value is -1.88. The summed E-state index contributed by atoms with van der Waals surface area (Å²) in [5, 5.41) is 10.0. The summed E-state index contributed by atoms with van der Waals surface area (Å²) in [6, 6.07) is 11.9. The number of hydrogen-bond acceptors (Lipinski definition) is 4. The Morgan fingerprint density at radius 1 is 1.19 bits per heavy atom. The van der Waals surface area contributed by atoms with Crippen molar-refractivity contribution in [1.29, 1.82) is 0 Å². The second-order valence-corrected chi connectivity index (χ2v) is 7.31. The summed E-state index contributed by atoms with van der Waals surface area (Å²) in [6.07, 6.45) is 1.43. The van der Waals surface area contributed by atoms with Crippen molar-refractivity contribution < 1.29 is 19.4 Å². The van der Waals surface area contributed by atoms with E-state index in [-0.39, 0.29) is 24.9 Å². The smallest absolute Gasteiger partial charge is 0.138 e. The van der Waals surface area contributed by atoms with E-state index < -0.39 is 6.10 Å². The summed E-state index contributed by atoms with van der Waals surface area (Å²) in [7, 11) is 1.68. The highest BCUT2D eigenvalue weighted by molar-refractivity contribution is 6.31. The molecule has 0 spiro atoms. The SMILES string of the molecule is CCc1cc(Cc2cc(C3CC(=O)CC(CO)O3)ccc2Cl)ccc1OC. The molecule has 144 valence electrons. The van der Waals surface area contributed by atoms with E-state index in [1.54, 1.807) is 7.11 Å². The van der Waals surface area contributed by atoms with E-state index in [4.69, 9.17) is 21.1 Å². The van der Waals surface area contributed by atoms with Crippen molar-refractivity contribution in [2.75, 3.05) is 13.7 Å². The standard InChI is InChI=1S/C22H25ClO4/c1-3-15-8-14(4-7-21(15)26-2)9-17-10-16(5-6-20(17)23)22-12-18(25)11-19(13-24)27-22/h4-8,10,19,22,24H,3,9,11-13H2,1-2H3. The van der Waals surface area contributed by atoms with Gasteiger partial charge in [0.2, 0.25) is 0 Å². The topological polar surface area (TPSA) is 55.8 Å². The fourth-order valence-corrected chi connectivity index (χ4v) is 3.73. The van der Waals surface area contributed by atoms with Crippen molar-refractivity contribution in [2.24, 2.45) is 0 Å². The Labute approximate surface area is 165 Å². The predicted molar refractivity (Wildman–Crippen MR) is 106 cm³/mol. The Balaban J connectivity index is 1.84. The van der Waals surface area contributed by atoms with Gasteiger partial charge in [-0.25, -0.2) is 0 Å². The van der Waals surface area contributed by atoms with Gasteiger partial charge in [0, 0.05) is 17.9 Å². The molecule has 27 heavy (non-hydrogen) atoms. The minimum atomic E-state index is -0.427. The molecule has 3 rings (SSSR count). The van der Waals surface area contributed by atoms with Crippen LogP contribution in [0.3, 0.4) is 0 Å². The molecule has 4 nitrogen and oxygen atoms in total. The predicted octanol–water partition coefficient (Wildman–Crippen LogP) is 4.28. The van der Waals surface area contributed by atoms with Crippen LogP contribution in [-0.4, -0.2) is 30.7 Å². The Morgan fingerprint density at radius 3 is 2.70 bits per heavy atom. The maximum atomic E-state index is 12.0. The molecule has 0 aliphatic carbocycles. The van der Waals surface area contributed by atoms with Crippen LogP contribution in [0.1, 0.15) is 48.1 Å². The average Bonchev–Trinajstić information content (AvgIpc) is 2.68. The van der Waals surface area contributed by atoms with E-state index in [1.807, 2.05) is 30.3 Å². The number of ketones is 1. The van der Waals surface area contributed by atoms with E-state index in [9.17, 15) is 9.90 Å². The number of Topliss-reactive ketones (excluding diaryl/α,β-unsaturated/α-hetero) is 1. The van der Waals surface area contributed by atoms with Gasteiger partial charge < -0.3 is 14.6 Å². The van der Waals surface area contributed by atoms with Crippen LogP contribution >= 0.6 is 11.6 Å². The van der Waals surface area contributed by atoms with Crippen molar-refractivity contribution in [3.05, 3.63) is 63.7 Å². The lowest BCUT2D eigenvalue weighted by Gasteiger charge is -2.28. The summed E-state index contributed by atoms with van der Waals surface area (Å²) < 4.78 is 11.3. The first-order valence-electron chi connectivity index (χ1n) is 9.26. The molecular weight excluding hydrogens is 364 g/mol. The van der Waals surface area contributed by atoms with Gasteiger partial charge in [0.1, 0.15) is 11.5 Å². The highest BCUT2D eigenvalue weighted by Crippen LogP contribution is 2.32. The lowest BCUT2D eigenvalue weighted by atomic mass is 9.94. The molecule has 0 amide bonds. The van der Waals surface area contributed by atoms with E-state index in [0.717, 1.165) is 34.4 Å². The largest absolute Gasteiger partial charge is 0.496 e. The van der Waals surface area contributed by atoms with Crippen LogP contribution in [0.25, 0.3) is 0 Å². The number of methoxy groups -OCH3 is 1. The van der Waals surface area contributed by atoms with Gasteiger partial charge in [-0.15, -0.1) is 0 Å². The molecule has 2 aromatic carbocycles. The number of aliphatic hydroxyl groups is 1. The van der Waals surface area contributed by atoms with E-state index in [0.29, 0.717) is 17.9 Å². The average molecular weight is 389 g/mol. The van der Waals surface area contributed by atoms with Crippen molar-refractivity contribution in [1.82, 2.24) is 0 Å². The third kappa shape index (κ3) is 4.70. The van der Waals surface area contributed by atoms with Crippen molar-refractivity contribution in [3.8, 4) is 5.75 Å². The number of carbonyl (C=O) groups is 1. The van der Waals surface area contributed by atoms with Crippen molar-refractivity contribution in [3.63, 3.8) is 0 Å². The minimum Gasteiger partial charge on any atom is -0.496 e. The molecule has 0 aromatic heterocycles. The second-order valence-electron chi connectivity index (χ2n) is 6.90. The summed E-state index contributed by atoms with van der Waals surface area (Å²) in [4.78, 5) is 12.0. The number of carbonyl (C=O) groups excluding carboxylic acids is 1. The highest BCUT2D eigenvalue weighted by Gasteiger charge is 2.28. The molecule has 1 fully saturated rings. The molecule has 1 aliphatic heterocycles. The fraction of sp³-hybridized carbons (Fsp3) is 0.409. The summed E-state index contributed by atoms with van der Waals surface area (Å²) in [6.45, 7) is 1.96. The maximum absolute atomic E-state index is 12.0. The first kappa shape index (κ1) is 19.9. The first-order chi connectivity index (χ1) is 13.0. The number of aliphatic hydroxyl groups excluding tert-OH is 1. The monoisotopic (exact) mass is 388 g/mol. The van der Waals surface area contributed by atoms with Gasteiger partial charge >= 0.3 is 0 Å². The molecule has 2 atom stereocenters. The fourth-order valence-electron chi connectivity index (χ4n) is 3.55. The van der Waals surface area contributed by atoms with Crippen molar-refractivity contribution >= 4 is 17.4 Å². The van der Waals surface area contributed by atoms with Crippen molar-refractivity contribution in [2.45, 2.75) is 44.8 Å². The first-order valence-corrected chi connectivity index (χ1v) is 9.64. The van der Waals surface area contributed by atoms with Gasteiger partial charge in [-0.1, -0.05) is 42.8 Å². The summed E-state index contributed by atoms with van der Waals surface area (Å²) in [5.41, 5.74) is 4.23. The Kier molecular flexibility index (Phi) is 6.53. The third-order valence-electron chi connectivity index (χ3n) is 4.99. The number of benzene rings is 2. The molecule has 1 N–H and O–H groups in total. The summed E-state index contributed by atoms with van der Waals surface area (Å²) in [5.74, 6) is 1.01. The molecular formula is C22H25ClO4. The van der Waals surface area contributed by atoms with Crippen LogP contribution in [0.5, 0.6) is 5.75 Å². The van der Waals surface area contributed by atoms with Gasteiger partial charge in [-0.3, -0.25) is 4.79 Å². The van der Waals surface area contributed by atoms with E-state index in [2.05, 4.69) is 13.0 Å². The number of ether oxygens (including phenoxy) is 2. The molecule has 0 saturated carbocycles. The van der Waals surface area contributed by atoms with Crippen LogP contribution in [0.15, 0.2) is 36.4 Å². The molecule has 1 heterocycles. The Bertz CT molecular complexity index is 818.